The third-order valence-electron chi connectivity index (χ3n) is 2.76. The zero-order valence-electron chi connectivity index (χ0n) is 11.4. The van der Waals surface area contributed by atoms with E-state index in [-0.39, 0.29) is 11.4 Å². The largest absolute Gasteiger partial charge is 0.450 e. The number of ether oxygens (including phenoxy) is 1. The van der Waals surface area contributed by atoms with Crippen molar-refractivity contribution in [1.82, 2.24) is 0 Å². The SMILES string of the molecule is CCNc1cccc(Oc2ccc(C#N)cc2)c1[N+](=O)[O-]. The van der Waals surface area contributed by atoms with Crippen molar-refractivity contribution < 1.29 is 9.66 Å². The molecular formula is C15H13N3O3. The summed E-state index contributed by atoms with van der Waals surface area (Å²) in [5, 5.41) is 22.9. The zero-order chi connectivity index (χ0) is 15.2. The van der Waals surface area contributed by atoms with Gasteiger partial charge in [0.1, 0.15) is 11.4 Å². The normalized spacial score (nSPS) is 9.71. The molecule has 21 heavy (non-hydrogen) atoms. The van der Waals surface area contributed by atoms with E-state index in [0.29, 0.717) is 23.5 Å². The highest BCUT2D eigenvalue weighted by Crippen LogP contribution is 2.37. The number of nitro benzene ring substituents is 1. The Balaban J connectivity index is 2.36. The number of rotatable bonds is 5. The van der Waals surface area contributed by atoms with Gasteiger partial charge in [0.05, 0.1) is 16.6 Å². The molecule has 0 bridgehead atoms. The summed E-state index contributed by atoms with van der Waals surface area (Å²) in [5.74, 6) is 0.592. The van der Waals surface area contributed by atoms with Gasteiger partial charge in [-0.2, -0.15) is 5.26 Å². The van der Waals surface area contributed by atoms with Crippen LogP contribution < -0.4 is 10.1 Å². The third-order valence-corrected chi connectivity index (χ3v) is 2.76. The first-order valence-electron chi connectivity index (χ1n) is 6.35. The average Bonchev–Trinajstić information content (AvgIpc) is 2.48. The highest BCUT2D eigenvalue weighted by atomic mass is 16.6. The van der Waals surface area contributed by atoms with Gasteiger partial charge < -0.3 is 10.1 Å². The molecule has 0 heterocycles. The first-order valence-corrected chi connectivity index (χ1v) is 6.35. The molecule has 0 spiro atoms. The number of para-hydroxylation sites is 1. The van der Waals surface area contributed by atoms with E-state index in [1.54, 1.807) is 36.4 Å². The second kappa shape index (κ2) is 6.39. The fraction of sp³-hybridized carbons (Fsp3) is 0.133. The van der Waals surface area contributed by atoms with Crippen molar-refractivity contribution in [3.8, 4) is 17.6 Å². The molecule has 2 rings (SSSR count). The van der Waals surface area contributed by atoms with Crippen LogP contribution in [-0.4, -0.2) is 11.5 Å². The Morgan fingerprint density at radius 1 is 1.29 bits per heavy atom. The van der Waals surface area contributed by atoms with E-state index in [9.17, 15) is 10.1 Å². The number of nitrogens with zero attached hydrogens (tertiary/aromatic N) is 2. The minimum atomic E-state index is -0.475. The van der Waals surface area contributed by atoms with Gasteiger partial charge in [0.2, 0.25) is 5.75 Å². The molecule has 0 aliphatic carbocycles. The molecule has 6 nitrogen and oxygen atoms in total. The van der Waals surface area contributed by atoms with Gasteiger partial charge in [-0.3, -0.25) is 10.1 Å². The predicted molar refractivity (Wildman–Crippen MR) is 78.5 cm³/mol. The van der Waals surface area contributed by atoms with Crippen molar-refractivity contribution in [3.63, 3.8) is 0 Å². The Bertz CT molecular complexity index is 690. The highest BCUT2D eigenvalue weighted by Gasteiger charge is 2.21. The van der Waals surface area contributed by atoms with Crippen molar-refractivity contribution in [1.29, 1.82) is 5.26 Å². The van der Waals surface area contributed by atoms with E-state index in [0.717, 1.165) is 0 Å². The van der Waals surface area contributed by atoms with Crippen LogP contribution in [-0.2, 0) is 0 Å². The smallest absolute Gasteiger partial charge is 0.334 e. The van der Waals surface area contributed by atoms with Crippen LogP contribution in [0.25, 0.3) is 0 Å². The van der Waals surface area contributed by atoms with E-state index in [1.807, 2.05) is 13.0 Å². The molecule has 0 radical (unpaired) electrons. The van der Waals surface area contributed by atoms with Crippen molar-refractivity contribution >= 4 is 11.4 Å². The van der Waals surface area contributed by atoms with Crippen LogP contribution in [0.15, 0.2) is 42.5 Å². The Morgan fingerprint density at radius 2 is 2.00 bits per heavy atom. The van der Waals surface area contributed by atoms with Gasteiger partial charge in [0, 0.05) is 6.54 Å². The maximum Gasteiger partial charge on any atom is 0.334 e. The number of nitrogens with one attached hydrogen (secondary N) is 1. The standard InChI is InChI=1S/C15H13N3O3/c1-2-17-13-4-3-5-14(15(13)18(19)20)21-12-8-6-11(10-16)7-9-12/h3-9,17H,2H2,1H3. The molecule has 0 fully saturated rings. The van der Waals surface area contributed by atoms with Gasteiger partial charge in [0.15, 0.2) is 0 Å². The molecule has 0 atom stereocenters. The molecule has 0 saturated carbocycles. The van der Waals surface area contributed by atoms with Crippen LogP contribution in [0.1, 0.15) is 12.5 Å². The molecule has 106 valence electrons. The Hall–Kier alpha value is -3.07. The second-order valence-electron chi connectivity index (χ2n) is 4.18. The number of benzene rings is 2. The van der Waals surface area contributed by atoms with Crippen LogP contribution >= 0.6 is 0 Å². The first-order chi connectivity index (χ1) is 10.2. The second-order valence-corrected chi connectivity index (χ2v) is 4.18. The maximum absolute atomic E-state index is 11.3. The van der Waals surface area contributed by atoms with Crippen LogP contribution in [0.4, 0.5) is 11.4 Å². The lowest BCUT2D eigenvalue weighted by Gasteiger charge is -2.10. The molecule has 2 aromatic carbocycles. The summed E-state index contributed by atoms with van der Waals surface area (Å²) in [4.78, 5) is 10.8. The van der Waals surface area contributed by atoms with Crippen LogP contribution in [0.3, 0.4) is 0 Å². The number of hydrogen-bond acceptors (Lipinski definition) is 5. The Morgan fingerprint density at radius 3 is 2.57 bits per heavy atom. The number of anilines is 1. The van der Waals surface area contributed by atoms with Gasteiger partial charge in [-0.05, 0) is 43.3 Å². The summed E-state index contributed by atoms with van der Waals surface area (Å²) in [7, 11) is 0. The lowest BCUT2D eigenvalue weighted by molar-refractivity contribution is -0.384. The Kier molecular flexibility index (Phi) is 4.36. The van der Waals surface area contributed by atoms with Gasteiger partial charge in [-0.15, -0.1) is 0 Å². The molecule has 0 aliphatic heterocycles. The van der Waals surface area contributed by atoms with Crippen LogP contribution in [0.2, 0.25) is 0 Å². The summed E-state index contributed by atoms with van der Waals surface area (Å²) < 4.78 is 5.57. The first kappa shape index (κ1) is 14.3. The minimum Gasteiger partial charge on any atom is -0.450 e. The molecule has 0 amide bonds. The lowest BCUT2D eigenvalue weighted by atomic mass is 10.2. The number of hydrogen-bond donors (Lipinski definition) is 1. The predicted octanol–water partition coefficient (Wildman–Crippen LogP) is 3.69. The van der Waals surface area contributed by atoms with Crippen LogP contribution in [0, 0.1) is 21.4 Å². The van der Waals surface area contributed by atoms with Crippen molar-refractivity contribution in [2.75, 3.05) is 11.9 Å². The van der Waals surface area contributed by atoms with Crippen LogP contribution in [0.5, 0.6) is 11.5 Å². The molecule has 1 N–H and O–H groups in total. The fourth-order valence-electron chi connectivity index (χ4n) is 1.85. The molecule has 0 aromatic heterocycles. The summed E-state index contributed by atoms with van der Waals surface area (Å²) in [5.41, 5.74) is 0.801. The van der Waals surface area contributed by atoms with Crippen molar-refractivity contribution in [2.24, 2.45) is 0 Å². The molecule has 0 saturated heterocycles. The third kappa shape index (κ3) is 3.28. The molecule has 2 aromatic rings. The molecule has 0 unspecified atom stereocenters. The Labute approximate surface area is 121 Å². The van der Waals surface area contributed by atoms with Gasteiger partial charge in [-0.25, -0.2) is 0 Å². The summed E-state index contributed by atoms with van der Waals surface area (Å²) >= 11 is 0. The lowest BCUT2D eigenvalue weighted by Crippen LogP contribution is -2.02. The zero-order valence-corrected chi connectivity index (χ0v) is 11.4. The monoisotopic (exact) mass is 283 g/mol. The average molecular weight is 283 g/mol. The summed E-state index contributed by atoms with van der Waals surface area (Å²) in [6.07, 6.45) is 0. The highest BCUT2D eigenvalue weighted by molar-refractivity contribution is 5.69. The molecule has 0 aliphatic rings. The topological polar surface area (TPSA) is 88.2 Å². The van der Waals surface area contributed by atoms with Gasteiger partial charge in [-0.1, -0.05) is 6.07 Å². The number of nitro groups is 1. The maximum atomic E-state index is 11.3. The van der Waals surface area contributed by atoms with E-state index in [4.69, 9.17) is 10.00 Å². The summed E-state index contributed by atoms with van der Waals surface area (Å²) in [6, 6.07) is 13.2. The quantitative estimate of drug-likeness (QED) is 0.667. The summed E-state index contributed by atoms with van der Waals surface area (Å²) in [6.45, 7) is 2.43. The molecular weight excluding hydrogens is 270 g/mol. The number of nitriles is 1. The van der Waals surface area contributed by atoms with E-state index >= 15 is 0 Å². The van der Waals surface area contributed by atoms with E-state index in [1.165, 1.54) is 6.07 Å². The van der Waals surface area contributed by atoms with Crippen molar-refractivity contribution in [2.45, 2.75) is 6.92 Å². The minimum absolute atomic E-state index is 0.108. The van der Waals surface area contributed by atoms with Gasteiger partial charge >= 0.3 is 5.69 Å². The van der Waals surface area contributed by atoms with E-state index < -0.39 is 4.92 Å². The van der Waals surface area contributed by atoms with E-state index in [2.05, 4.69) is 5.32 Å². The van der Waals surface area contributed by atoms with Crippen molar-refractivity contribution in [3.05, 3.63) is 58.1 Å². The fourth-order valence-corrected chi connectivity index (χ4v) is 1.85. The molecule has 6 heteroatoms. The van der Waals surface area contributed by atoms with Gasteiger partial charge in [0.25, 0.3) is 0 Å².